The number of nitro benzene ring substituents is 1. The molecule has 1 atom stereocenters. The lowest BCUT2D eigenvalue weighted by Crippen LogP contribution is -2.24. The average molecular weight is 384 g/mol. The van der Waals surface area contributed by atoms with Gasteiger partial charge in [-0.25, -0.2) is 4.79 Å². The number of hydrogen-bond acceptors (Lipinski definition) is 6. The maximum absolute atomic E-state index is 12.4. The highest BCUT2D eigenvalue weighted by atomic mass is 16.6. The summed E-state index contributed by atoms with van der Waals surface area (Å²) in [7, 11) is 0. The Labute approximate surface area is 161 Å². The number of non-ortho nitro benzene ring substituents is 1. The van der Waals surface area contributed by atoms with Crippen LogP contribution in [-0.2, 0) is 9.53 Å². The van der Waals surface area contributed by atoms with Crippen molar-refractivity contribution >= 4 is 29.0 Å². The van der Waals surface area contributed by atoms with Gasteiger partial charge >= 0.3 is 5.97 Å². The maximum atomic E-state index is 12.4. The predicted octanol–water partition coefficient (Wildman–Crippen LogP) is 3.76. The Kier molecular flexibility index (Phi) is 6.97. The number of ketones is 1. The third kappa shape index (κ3) is 5.47. The van der Waals surface area contributed by atoms with Crippen LogP contribution < -0.4 is 5.32 Å². The van der Waals surface area contributed by atoms with E-state index in [1.54, 1.807) is 24.3 Å². The highest BCUT2D eigenvalue weighted by molar-refractivity contribution is 6.02. The first-order chi connectivity index (χ1) is 13.3. The Balaban J connectivity index is 1.98. The van der Waals surface area contributed by atoms with Crippen molar-refractivity contribution in [2.75, 3.05) is 5.32 Å². The number of esters is 1. The lowest BCUT2D eigenvalue weighted by Gasteiger charge is -2.13. The first-order valence-corrected chi connectivity index (χ1v) is 8.71. The monoisotopic (exact) mass is 384 g/mol. The molecule has 0 aromatic heterocycles. The van der Waals surface area contributed by atoms with Gasteiger partial charge in [-0.2, -0.15) is 0 Å². The van der Waals surface area contributed by atoms with Crippen LogP contribution in [0.3, 0.4) is 0 Å². The van der Waals surface area contributed by atoms with Gasteiger partial charge in [0, 0.05) is 29.8 Å². The highest BCUT2D eigenvalue weighted by Crippen LogP contribution is 2.16. The van der Waals surface area contributed by atoms with E-state index in [1.165, 1.54) is 31.2 Å². The van der Waals surface area contributed by atoms with Crippen molar-refractivity contribution in [2.24, 2.45) is 0 Å². The van der Waals surface area contributed by atoms with E-state index >= 15 is 0 Å². The molecule has 0 aliphatic heterocycles. The van der Waals surface area contributed by atoms with E-state index in [2.05, 4.69) is 5.32 Å². The molecule has 2 aromatic rings. The number of amides is 1. The Bertz CT molecular complexity index is 875. The Morgan fingerprint density at radius 1 is 1.04 bits per heavy atom. The number of rotatable bonds is 8. The molecule has 28 heavy (non-hydrogen) atoms. The summed E-state index contributed by atoms with van der Waals surface area (Å²) in [6.45, 7) is 3.35. The number of anilines is 1. The van der Waals surface area contributed by atoms with Crippen LogP contribution in [0.15, 0.2) is 48.5 Å². The predicted molar refractivity (Wildman–Crippen MR) is 102 cm³/mol. The van der Waals surface area contributed by atoms with Gasteiger partial charge in [0.15, 0.2) is 6.10 Å². The molecule has 0 radical (unpaired) electrons. The van der Waals surface area contributed by atoms with Crippen LogP contribution in [0.5, 0.6) is 0 Å². The second-order valence-electron chi connectivity index (χ2n) is 6.09. The highest BCUT2D eigenvalue weighted by Gasteiger charge is 2.21. The normalized spacial score (nSPS) is 11.4. The third-order valence-electron chi connectivity index (χ3n) is 3.90. The number of nitro groups is 1. The molecule has 8 heteroatoms. The van der Waals surface area contributed by atoms with Crippen LogP contribution in [0.1, 0.15) is 47.4 Å². The molecule has 0 unspecified atom stereocenters. The van der Waals surface area contributed by atoms with Crippen molar-refractivity contribution < 1.29 is 24.0 Å². The van der Waals surface area contributed by atoms with E-state index in [9.17, 15) is 24.5 Å². The van der Waals surface area contributed by atoms with Crippen molar-refractivity contribution in [3.05, 3.63) is 69.8 Å². The molecule has 2 rings (SSSR count). The van der Waals surface area contributed by atoms with E-state index < -0.39 is 22.8 Å². The summed E-state index contributed by atoms with van der Waals surface area (Å²) in [5, 5.41) is 13.4. The number of Topliss-reactive ketones (excluding diaryl/α,β-unsaturated/α-hetero) is 1. The van der Waals surface area contributed by atoms with Crippen LogP contribution in [0.4, 0.5) is 11.4 Å². The van der Waals surface area contributed by atoms with Gasteiger partial charge in [0.05, 0.1) is 10.5 Å². The Hall–Kier alpha value is -3.55. The van der Waals surface area contributed by atoms with Crippen LogP contribution in [-0.4, -0.2) is 28.7 Å². The molecular formula is C20H20N2O6. The number of benzene rings is 2. The zero-order chi connectivity index (χ0) is 20.7. The van der Waals surface area contributed by atoms with E-state index in [4.69, 9.17) is 4.74 Å². The second kappa shape index (κ2) is 9.40. The van der Waals surface area contributed by atoms with Crippen LogP contribution >= 0.6 is 0 Å². The standard InChI is InChI=1S/C20H20N2O6/c1-3-4-18(23)21-16-9-5-14(6-10-16)19(24)13(2)28-20(25)15-7-11-17(12-8-15)22(26)27/h5-13H,3-4H2,1-2H3,(H,21,23)/t13-/m0/s1. The van der Waals surface area contributed by atoms with Gasteiger partial charge in [-0.05, 0) is 49.7 Å². The number of ether oxygens (including phenoxy) is 1. The molecule has 0 fully saturated rings. The summed E-state index contributed by atoms with van der Waals surface area (Å²) in [5.74, 6) is -1.26. The van der Waals surface area contributed by atoms with Crippen LogP contribution in [0, 0.1) is 10.1 Å². The number of carbonyl (C=O) groups is 3. The van der Waals surface area contributed by atoms with Gasteiger partial charge < -0.3 is 10.1 Å². The van der Waals surface area contributed by atoms with Crippen molar-refractivity contribution in [3.63, 3.8) is 0 Å². The molecule has 0 bridgehead atoms. The SMILES string of the molecule is CCCC(=O)Nc1ccc(C(=O)[C@H](C)OC(=O)c2ccc([N+](=O)[O-])cc2)cc1. The molecular weight excluding hydrogens is 364 g/mol. The summed E-state index contributed by atoms with van der Waals surface area (Å²) in [6.07, 6.45) is 0.110. The largest absolute Gasteiger partial charge is 0.451 e. The fraction of sp³-hybridized carbons (Fsp3) is 0.250. The minimum Gasteiger partial charge on any atom is -0.451 e. The molecule has 1 amide bonds. The fourth-order valence-corrected chi connectivity index (χ4v) is 2.40. The molecule has 0 heterocycles. The van der Waals surface area contributed by atoms with Gasteiger partial charge in [0.25, 0.3) is 5.69 Å². The van der Waals surface area contributed by atoms with E-state index in [0.717, 1.165) is 6.42 Å². The molecule has 0 saturated heterocycles. The molecule has 0 spiro atoms. The smallest absolute Gasteiger partial charge is 0.338 e. The summed E-state index contributed by atoms with van der Waals surface area (Å²) in [5.41, 5.74) is 0.869. The lowest BCUT2D eigenvalue weighted by atomic mass is 10.1. The number of carbonyl (C=O) groups excluding carboxylic acids is 3. The topological polar surface area (TPSA) is 116 Å². The molecule has 0 aliphatic carbocycles. The number of nitrogens with one attached hydrogen (secondary N) is 1. The number of nitrogens with zero attached hydrogens (tertiary/aromatic N) is 1. The van der Waals surface area contributed by atoms with E-state index in [1.807, 2.05) is 6.92 Å². The third-order valence-corrected chi connectivity index (χ3v) is 3.90. The van der Waals surface area contributed by atoms with Crippen molar-refractivity contribution in [2.45, 2.75) is 32.8 Å². The Morgan fingerprint density at radius 2 is 1.61 bits per heavy atom. The van der Waals surface area contributed by atoms with Gasteiger partial charge in [0.2, 0.25) is 11.7 Å². The fourth-order valence-electron chi connectivity index (χ4n) is 2.40. The second-order valence-corrected chi connectivity index (χ2v) is 6.09. The summed E-state index contributed by atoms with van der Waals surface area (Å²) in [6, 6.07) is 11.2. The van der Waals surface area contributed by atoms with Gasteiger partial charge in [0.1, 0.15) is 0 Å². The first kappa shape index (κ1) is 20.8. The van der Waals surface area contributed by atoms with Gasteiger partial charge in [-0.3, -0.25) is 19.7 Å². The van der Waals surface area contributed by atoms with Crippen LogP contribution in [0.2, 0.25) is 0 Å². The zero-order valence-electron chi connectivity index (χ0n) is 15.5. The minimum atomic E-state index is -1.04. The lowest BCUT2D eigenvalue weighted by molar-refractivity contribution is -0.384. The average Bonchev–Trinajstić information content (AvgIpc) is 2.68. The Morgan fingerprint density at radius 3 is 2.14 bits per heavy atom. The maximum Gasteiger partial charge on any atom is 0.338 e. The molecule has 2 aromatic carbocycles. The number of hydrogen-bond donors (Lipinski definition) is 1. The zero-order valence-corrected chi connectivity index (χ0v) is 15.5. The molecule has 0 saturated carbocycles. The summed E-state index contributed by atoms with van der Waals surface area (Å²) >= 11 is 0. The molecule has 8 nitrogen and oxygen atoms in total. The first-order valence-electron chi connectivity index (χ1n) is 8.71. The van der Waals surface area contributed by atoms with E-state index in [0.29, 0.717) is 17.7 Å². The quantitative estimate of drug-likeness (QED) is 0.321. The van der Waals surface area contributed by atoms with Gasteiger partial charge in [-0.15, -0.1) is 0 Å². The molecule has 146 valence electrons. The minimum absolute atomic E-state index is 0.105. The van der Waals surface area contributed by atoms with Gasteiger partial charge in [-0.1, -0.05) is 6.92 Å². The van der Waals surface area contributed by atoms with E-state index in [-0.39, 0.29) is 17.2 Å². The summed E-state index contributed by atoms with van der Waals surface area (Å²) < 4.78 is 5.15. The molecule has 1 N–H and O–H groups in total. The summed E-state index contributed by atoms with van der Waals surface area (Å²) in [4.78, 5) is 46.2. The molecule has 0 aliphatic rings. The van der Waals surface area contributed by atoms with Crippen LogP contribution in [0.25, 0.3) is 0 Å². The van der Waals surface area contributed by atoms with Crippen molar-refractivity contribution in [1.82, 2.24) is 0 Å². The van der Waals surface area contributed by atoms with Crippen molar-refractivity contribution in [3.8, 4) is 0 Å². The van der Waals surface area contributed by atoms with Crippen molar-refractivity contribution in [1.29, 1.82) is 0 Å².